The molecule has 0 amide bonds. The van der Waals surface area contributed by atoms with Crippen molar-refractivity contribution in [1.29, 1.82) is 0 Å². The Morgan fingerprint density at radius 1 is 0.880 bits per heavy atom. The molecular formula is C21H17BrO3. The zero-order valence-electron chi connectivity index (χ0n) is 13.4. The average molecular weight is 397 g/mol. The SMILES string of the molecule is O=C(Oc1ccccc1)[C@](O)(c1ccccc1)c1ccccc1CBr. The predicted molar refractivity (Wildman–Crippen MR) is 101 cm³/mol. The van der Waals surface area contributed by atoms with Gasteiger partial charge < -0.3 is 9.84 Å². The number of hydrogen-bond acceptors (Lipinski definition) is 3. The Hall–Kier alpha value is -2.43. The van der Waals surface area contributed by atoms with Gasteiger partial charge in [0.2, 0.25) is 5.60 Å². The Bertz CT molecular complexity index is 849. The van der Waals surface area contributed by atoms with Gasteiger partial charge in [0, 0.05) is 10.9 Å². The molecule has 0 fully saturated rings. The molecule has 3 aromatic carbocycles. The van der Waals surface area contributed by atoms with E-state index in [-0.39, 0.29) is 0 Å². The highest BCUT2D eigenvalue weighted by atomic mass is 79.9. The van der Waals surface area contributed by atoms with Gasteiger partial charge in [-0.15, -0.1) is 0 Å². The van der Waals surface area contributed by atoms with Crippen LogP contribution in [0.15, 0.2) is 84.9 Å². The first kappa shape index (κ1) is 17.4. The van der Waals surface area contributed by atoms with E-state index in [1.807, 2.05) is 24.3 Å². The van der Waals surface area contributed by atoms with Crippen LogP contribution in [0.4, 0.5) is 0 Å². The fourth-order valence-corrected chi connectivity index (χ4v) is 3.21. The third-order valence-corrected chi connectivity index (χ3v) is 4.60. The highest BCUT2D eigenvalue weighted by molar-refractivity contribution is 9.08. The van der Waals surface area contributed by atoms with Crippen molar-refractivity contribution in [2.75, 3.05) is 0 Å². The van der Waals surface area contributed by atoms with Gasteiger partial charge in [-0.1, -0.05) is 88.7 Å². The minimum absolute atomic E-state index is 0.387. The first-order valence-electron chi connectivity index (χ1n) is 7.86. The van der Waals surface area contributed by atoms with E-state index >= 15 is 0 Å². The molecule has 0 radical (unpaired) electrons. The van der Waals surface area contributed by atoms with Crippen molar-refractivity contribution in [3.8, 4) is 5.75 Å². The highest BCUT2D eigenvalue weighted by Crippen LogP contribution is 2.34. The standard InChI is InChI=1S/C21H17BrO3/c22-15-16-9-7-8-14-19(16)21(24,17-10-3-1-4-11-17)20(23)25-18-12-5-2-6-13-18/h1-14,24H,15H2/t21-/m0/s1. The second-order valence-corrected chi connectivity index (χ2v) is 6.13. The van der Waals surface area contributed by atoms with Crippen LogP contribution in [0.5, 0.6) is 5.75 Å². The normalized spacial score (nSPS) is 13.0. The fraction of sp³-hybridized carbons (Fsp3) is 0.0952. The molecule has 25 heavy (non-hydrogen) atoms. The van der Waals surface area contributed by atoms with E-state index in [0.29, 0.717) is 22.2 Å². The fourth-order valence-electron chi connectivity index (χ4n) is 2.72. The Labute approximate surface area is 155 Å². The number of benzene rings is 3. The van der Waals surface area contributed by atoms with Gasteiger partial charge in [-0.25, -0.2) is 4.79 Å². The van der Waals surface area contributed by atoms with Gasteiger partial charge in [0.1, 0.15) is 5.75 Å². The summed E-state index contributed by atoms with van der Waals surface area (Å²) in [6.45, 7) is 0. The van der Waals surface area contributed by atoms with E-state index in [4.69, 9.17) is 4.74 Å². The molecule has 4 heteroatoms. The van der Waals surface area contributed by atoms with E-state index < -0.39 is 11.6 Å². The topological polar surface area (TPSA) is 46.5 Å². The Morgan fingerprint density at radius 2 is 1.44 bits per heavy atom. The van der Waals surface area contributed by atoms with Gasteiger partial charge in [-0.3, -0.25) is 0 Å². The van der Waals surface area contributed by atoms with Crippen molar-refractivity contribution >= 4 is 21.9 Å². The zero-order valence-corrected chi connectivity index (χ0v) is 15.0. The van der Waals surface area contributed by atoms with Crippen LogP contribution in [0.1, 0.15) is 16.7 Å². The van der Waals surface area contributed by atoms with E-state index in [1.165, 1.54) is 0 Å². The molecule has 126 valence electrons. The number of hydrogen-bond donors (Lipinski definition) is 1. The van der Waals surface area contributed by atoms with Crippen LogP contribution >= 0.6 is 15.9 Å². The van der Waals surface area contributed by atoms with Gasteiger partial charge in [0.05, 0.1) is 0 Å². The minimum atomic E-state index is -1.90. The molecule has 0 aliphatic rings. The quantitative estimate of drug-likeness (QED) is 0.394. The molecule has 0 saturated heterocycles. The third-order valence-electron chi connectivity index (χ3n) is 3.99. The first-order valence-corrected chi connectivity index (χ1v) is 8.98. The minimum Gasteiger partial charge on any atom is -0.424 e. The number of rotatable bonds is 5. The lowest BCUT2D eigenvalue weighted by atomic mass is 9.84. The van der Waals surface area contributed by atoms with Gasteiger partial charge in [0.25, 0.3) is 0 Å². The summed E-state index contributed by atoms with van der Waals surface area (Å²) in [5, 5.41) is 12.0. The van der Waals surface area contributed by atoms with E-state index in [0.717, 1.165) is 5.56 Å². The number of halogens is 1. The monoisotopic (exact) mass is 396 g/mol. The van der Waals surface area contributed by atoms with Crippen LogP contribution in [-0.4, -0.2) is 11.1 Å². The summed E-state index contributed by atoms with van der Waals surface area (Å²) in [5.74, 6) is -0.350. The molecule has 3 nitrogen and oxygen atoms in total. The molecule has 0 spiro atoms. The van der Waals surface area contributed by atoms with Crippen LogP contribution in [0.3, 0.4) is 0 Å². The summed E-state index contributed by atoms with van der Waals surface area (Å²) in [6.07, 6.45) is 0. The van der Waals surface area contributed by atoms with E-state index in [2.05, 4.69) is 15.9 Å². The molecule has 0 aromatic heterocycles. The molecule has 3 rings (SSSR count). The number of alkyl halides is 1. The number of ether oxygens (including phenoxy) is 1. The van der Waals surface area contributed by atoms with Gasteiger partial charge in [-0.05, 0) is 23.3 Å². The van der Waals surface area contributed by atoms with Crippen molar-refractivity contribution in [1.82, 2.24) is 0 Å². The molecule has 0 aliphatic carbocycles. The maximum absolute atomic E-state index is 13.0. The predicted octanol–water partition coefficient (Wildman–Crippen LogP) is 4.42. The molecule has 1 N–H and O–H groups in total. The van der Waals surface area contributed by atoms with Crippen LogP contribution in [0.25, 0.3) is 0 Å². The summed E-state index contributed by atoms with van der Waals surface area (Å²) in [7, 11) is 0. The molecule has 3 aromatic rings. The molecule has 0 heterocycles. The molecule has 1 atom stereocenters. The number of para-hydroxylation sites is 1. The van der Waals surface area contributed by atoms with Crippen molar-refractivity contribution in [3.63, 3.8) is 0 Å². The second kappa shape index (κ2) is 7.64. The molecule has 0 aliphatic heterocycles. The van der Waals surface area contributed by atoms with Crippen LogP contribution in [0, 0.1) is 0 Å². The van der Waals surface area contributed by atoms with Gasteiger partial charge in [0.15, 0.2) is 0 Å². The lowest BCUT2D eigenvalue weighted by Gasteiger charge is -2.28. The molecular weight excluding hydrogens is 380 g/mol. The Balaban J connectivity index is 2.11. The largest absolute Gasteiger partial charge is 0.424 e. The highest BCUT2D eigenvalue weighted by Gasteiger charge is 2.43. The van der Waals surface area contributed by atoms with Crippen molar-refractivity contribution in [2.24, 2.45) is 0 Å². The summed E-state index contributed by atoms with van der Waals surface area (Å²) in [4.78, 5) is 13.0. The Kier molecular flexibility index (Phi) is 5.31. The summed E-state index contributed by atoms with van der Waals surface area (Å²) in [5.41, 5.74) is -0.122. The van der Waals surface area contributed by atoms with Crippen molar-refractivity contribution in [3.05, 3.63) is 102 Å². The van der Waals surface area contributed by atoms with E-state index in [9.17, 15) is 9.90 Å². The van der Waals surface area contributed by atoms with E-state index in [1.54, 1.807) is 60.7 Å². The number of aliphatic hydroxyl groups is 1. The molecule has 0 unspecified atom stereocenters. The second-order valence-electron chi connectivity index (χ2n) is 5.57. The van der Waals surface area contributed by atoms with Crippen molar-refractivity contribution < 1.29 is 14.6 Å². The average Bonchev–Trinajstić information content (AvgIpc) is 2.68. The summed E-state index contributed by atoms with van der Waals surface area (Å²) >= 11 is 3.43. The number of carbonyl (C=O) groups is 1. The number of carbonyl (C=O) groups excluding carboxylic acids is 1. The number of esters is 1. The lowest BCUT2D eigenvalue weighted by Crippen LogP contribution is -2.41. The molecule has 0 bridgehead atoms. The zero-order chi connectivity index (χ0) is 17.7. The maximum Gasteiger partial charge on any atom is 0.353 e. The molecule has 0 saturated carbocycles. The smallest absolute Gasteiger partial charge is 0.353 e. The van der Waals surface area contributed by atoms with Crippen LogP contribution < -0.4 is 4.74 Å². The maximum atomic E-state index is 13.0. The van der Waals surface area contributed by atoms with Crippen molar-refractivity contribution in [2.45, 2.75) is 10.9 Å². The third kappa shape index (κ3) is 3.50. The van der Waals surface area contributed by atoms with Crippen LogP contribution in [-0.2, 0) is 15.7 Å². The Morgan fingerprint density at radius 3 is 2.08 bits per heavy atom. The lowest BCUT2D eigenvalue weighted by molar-refractivity contribution is -0.152. The summed E-state index contributed by atoms with van der Waals surface area (Å²) in [6, 6.07) is 24.9. The summed E-state index contributed by atoms with van der Waals surface area (Å²) < 4.78 is 5.48. The van der Waals surface area contributed by atoms with Gasteiger partial charge in [-0.2, -0.15) is 0 Å². The van der Waals surface area contributed by atoms with Crippen LogP contribution in [0.2, 0.25) is 0 Å². The first-order chi connectivity index (χ1) is 12.2. The van der Waals surface area contributed by atoms with Gasteiger partial charge >= 0.3 is 5.97 Å².